The van der Waals surface area contributed by atoms with Gasteiger partial charge in [-0.25, -0.2) is 0 Å². The molecular formula is C16H10N2O. The van der Waals surface area contributed by atoms with E-state index in [4.69, 9.17) is 15.3 Å². The zero-order valence-electron chi connectivity index (χ0n) is 10.1. The lowest BCUT2D eigenvalue weighted by atomic mass is 10.1. The molecule has 0 aliphatic carbocycles. The molecule has 2 aromatic rings. The summed E-state index contributed by atoms with van der Waals surface area (Å²) in [5, 5.41) is 18.1. The van der Waals surface area contributed by atoms with E-state index in [-0.39, 0.29) is 5.56 Å². The van der Waals surface area contributed by atoms with Crippen LogP contribution in [0, 0.1) is 22.7 Å². The standard InChI is InChI=1S/C16H10N2O/c1-2-12-6-3-4-8-15(12)19-16-9-5-7-13(10-17)14(16)11-18/h2-9H,1H2. The molecule has 0 spiro atoms. The van der Waals surface area contributed by atoms with E-state index in [9.17, 15) is 0 Å². The summed E-state index contributed by atoms with van der Waals surface area (Å²) in [7, 11) is 0. The van der Waals surface area contributed by atoms with Crippen LogP contribution in [0.1, 0.15) is 16.7 Å². The molecule has 2 aromatic carbocycles. The number of ether oxygens (including phenoxy) is 1. The molecule has 0 aliphatic heterocycles. The third-order valence-electron chi connectivity index (χ3n) is 2.62. The Morgan fingerprint density at radius 1 is 0.947 bits per heavy atom. The maximum absolute atomic E-state index is 9.13. The first-order valence-electron chi connectivity index (χ1n) is 5.62. The Kier molecular flexibility index (Phi) is 3.61. The van der Waals surface area contributed by atoms with Crippen molar-refractivity contribution in [3.63, 3.8) is 0 Å². The van der Waals surface area contributed by atoms with Gasteiger partial charge in [-0.15, -0.1) is 0 Å². The predicted octanol–water partition coefficient (Wildman–Crippen LogP) is 3.87. The van der Waals surface area contributed by atoms with E-state index in [0.717, 1.165) is 5.56 Å². The Morgan fingerprint density at radius 2 is 1.68 bits per heavy atom. The first-order valence-corrected chi connectivity index (χ1v) is 5.62. The van der Waals surface area contributed by atoms with Crippen LogP contribution >= 0.6 is 0 Å². The van der Waals surface area contributed by atoms with Gasteiger partial charge in [-0.2, -0.15) is 10.5 Å². The summed E-state index contributed by atoms with van der Waals surface area (Å²) < 4.78 is 5.72. The summed E-state index contributed by atoms with van der Waals surface area (Å²) in [4.78, 5) is 0. The van der Waals surface area contributed by atoms with E-state index in [1.165, 1.54) is 0 Å². The maximum Gasteiger partial charge on any atom is 0.146 e. The van der Waals surface area contributed by atoms with Crippen molar-refractivity contribution in [3.8, 4) is 23.6 Å². The second kappa shape index (κ2) is 5.53. The second-order valence-corrected chi connectivity index (χ2v) is 3.75. The highest BCUT2D eigenvalue weighted by Crippen LogP contribution is 2.29. The van der Waals surface area contributed by atoms with Gasteiger partial charge in [0.2, 0.25) is 0 Å². The minimum atomic E-state index is 0.240. The normalized spacial score (nSPS) is 9.16. The van der Waals surface area contributed by atoms with Gasteiger partial charge in [0.1, 0.15) is 29.2 Å². The van der Waals surface area contributed by atoms with Crippen LogP contribution in [0.25, 0.3) is 6.08 Å². The predicted molar refractivity (Wildman–Crippen MR) is 72.5 cm³/mol. The molecule has 0 aliphatic rings. The van der Waals surface area contributed by atoms with Crippen molar-refractivity contribution in [2.24, 2.45) is 0 Å². The van der Waals surface area contributed by atoms with Gasteiger partial charge in [0.15, 0.2) is 0 Å². The fourth-order valence-electron chi connectivity index (χ4n) is 1.69. The lowest BCUT2D eigenvalue weighted by molar-refractivity contribution is 0.480. The van der Waals surface area contributed by atoms with Crippen molar-refractivity contribution in [2.45, 2.75) is 0 Å². The van der Waals surface area contributed by atoms with E-state index in [2.05, 4.69) is 6.58 Å². The monoisotopic (exact) mass is 246 g/mol. The van der Waals surface area contributed by atoms with Crippen LogP contribution in [0.3, 0.4) is 0 Å². The van der Waals surface area contributed by atoms with E-state index in [1.807, 2.05) is 30.3 Å². The third-order valence-corrected chi connectivity index (χ3v) is 2.62. The Hall–Kier alpha value is -3.04. The van der Waals surface area contributed by atoms with Crippen molar-refractivity contribution in [2.75, 3.05) is 0 Å². The smallest absolute Gasteiger partial charge is 0.146 e. The number of rotatable bonds is 3. The third kappa shape index (κ3) is 2.46. The molecule has 0 aromatic heterocycles. The zero-order valence-corrected chi connectivity index (χ0v) is 10.1. The Morgan fingerprint density at radius 3 is 2.37 bits per heavy atom. The topological polar surface area (TPSA) is 56.8 Å². The summed E-state index contributed by atoms with van der Waals surface area (Å²) in [6, 6.07) is 16.3. The molecule has 3 nitrogen and oxygen atoms in total. The average molecular weight is 246 g/mol. The SMILES string of the molecule is C=Cc1ccccc1Oc1cccc(C#N)c1C#N. The van der Waals surface area contributed by atoms with Gasteiger partial charge in [0.05, 0.1) is 5.56 Å². The molecule has 3 heteroatoms. The fourth-order valence-corrected chi connectivity index (χ4v) is 1.69. The van der Waals surface area contributed by atoms with Gasteiger partial charge in [-0.05, 0) is 18.2 Å². The lowest BCUT2D eigenvalue weighted by Gasteiger charge is -2.10. The second-order valence-electron chi connectivity index (χ2n) is 3.75. The lowest BCUT2D eigenvalue weighted by Crippen LogP contribution is -1.92. The minimum absolute atomic E-state index is 0.240. The molecule has 0 N–H and O–H groups in total. The molecular weight excluding hydrogens is 236 g/mol. The molecule has 90 valence electrons. The van der Waals surface area contributed by atoms with Crippen LogP contribution < -0.4 is 4.74 Å². The summed E-state index contributed by atoms with van der Waals surface area (Å²) in [5.41, 5.74) is 1.37. The van der Waals surface area contributed by atoms with Crippen molar-refractivity contribution >= 4 is 6.08 Å². The van der Waals surface area contributed by atoms with Crippen LogP contribution in [0.5, 0.6) is 11.5 Å². The van der Waals surface area contributed by atoms with Gasteiger partial charge in [-0.1, -0.05) is 36.9 Å². The summed E-state index contributed by atoms with van der Waals surface area (Å²) in [6.45, 7) is 3.71. The van der Waals surface area contributed by atoms with Crippen LogP contribution in [-0.4, -0.2) is 0 Å². The highest BCUT2D eigenvalue weighted by Gasteiger charge is 2.10. The molecule has 0 amide bonds. The number of para-hydroxylation sites is 1. The molecule has 0 radical (unpaired) electrons. The number of hydrogen-bond donors (Lipinski definition) is 0. The van der Waals surface area contributed by atoms with Crippen LogP contribution in [0.2, 0.25) is 0 Å². The molecule has 0 fully saturated rings. The molecule has 2 rings (SSSR count). The molecule has 0 bridgehead atoms. The largest absolute Gasteiger partial charge is 0.455 e. The summed E-state index contributed by atoms with van der Waals surface area (Å²) >= 11 is 0. The summed E-state index contributed by atoms with van der Waals surface area (Å²) in [6.07, 6.45) is 1.68. The maximum atomic E-state index is 9.13. The van der Waals surface area contributed by atoms with Crippen LogP contribution in [-0.2, 0) is 0 Å². The zero-order chi connectivity index (χ0) is 13.7. The summed E-state index contributed by atoms with van der Waals surface area (Å²) in [5.74, 6) is 0.972. The number of hydrogen-bond acceptors (Lipinski definition) is 3. The Bertz CT molecular complexity index is 705. The quantitative estimate of drug-likeness (QED) is 0.826. The minimum Gasteiger partial charge on any atom is -0.455 e. The van der Waals surface area contributed by atoms with Gasteiger partial charge in [0, 0.05) is 5.56 Å². The van der Waals surface area contributed by atoms with Crippen molar-refractivity contribution in [1.29, 1.82) is 10.5 Å². The van der Waals surface area contributed by atoms with Crippen molar-refractivity contribution in [3.05, 3.63) is 65.7 Å². The van der Waals surface area contributed by atoms with E-state index >= 15 is 0 Å². The van der Waals surface area contributed by atoms with Crippen molar-refractivity contribution < 1.29 is 4.74 Å². The van der Waals surface area contributed by atoms with Crippen molar-refractivity contribution in [1.82, 2.24) is 0 Å². The molecule has 19 heavy (non-hydrogen) atoms. The van der Waals surface area contributed by atoms with E-state index in [1.54, 1.807) is 30.3 Å². The number of benzene rings is 2. The van der Waals surface area contributed by atoms with E-state index < -0.39 is 0 Å². The van der Waals surface area contributed by atoms with Gasteiger partial charge in [-0.3, -0.25) is 0 Å². The molecule has 0 heterocycles. The van der Waals surface area contributed by atoms with Crippen LogP contribution in [0.15, 0.2) is 49.0 Å². The molecule has 0 atom stereocenters. The molecule has 0 unspecified atom stereocenters. The number of nitriles is 2. The van der Waals surface area contributed by atoms with Gasteiger partial charge < -0.3 is 4.74 Å². The molecule has 0 saturated heterocycles. The first-order chi connectivity index (χ1) is 9.30. The molecule has 0 saturated carbocycles. The Balaban J connectivity index is 2.48. The van der Waals surface area contributed by atoms with E-state index in [0.29, 0.717) is 17.1 Å². The Labute approximate surface area is 111 Å². The average Bonchev–Trinajstić information content (AvgIpc) is 2.47. The highest BCUT2D eigenvalue weighted by molar-refractivity contribution is 5.59. The fraction of sp³-hybridized carbons (Fsp3) is 0. The highest BCUT2D eigenvalue weighted by atomic mass is 16.5. The first kappa shape index (κ1) is 12.4. The van der Waals surface area contributed by atoms with Gasteiger partial charge in [0.25, 0.3) is 0 Å². The number of nitrogens with zero attached hydrogens (tertiary/aromatic N) is 2. The van der Waals surface area contributed by atoms with Crippen LogP contribution in [0.4, 0.5) is 0 Å². The van der Waals surface area contributed by atoms with Gasteiger partial charge >= 0.3 is 0 Å².